The van der Waals surface area contributed by atoms with Crippen LogP contribution in [0, 0.1) is 11.8 Å². The van der Waals surface area contributed by atoms with E-state index in [2.05, 4.69) is 30.9 Å². The number of thiazole rings is 1. The van der Waals surface area contributed by atoms with Gasteiger partial charge in [0.05, 0.1) is 5.69 Å². The second-order valence-corrected chi connectivity index (χ2v) is 9.44. The topological polar surface area (TPSA) is 56.1 Å². The molecule has 1 fully saturated rings. The van der Waals surface area contributed by atoms with Crippen LogP contribution < -0.4 is 15.0 Å². The minimum Gasteiger partial charge on any atom is -0.454 e. The summed E-state index contributed by atoms with van der Waals surface area (Å²) in [4.78, 5) is 20.5. The predicted molar refractivity (Wildman–Crippen MR) is 117 cm³/mol. The second kappa shape index (κ2) is 8.04. The van der Waals surface area contributed by atoms with E-state index in [0.717, 1.165) is 28.7 Å². The average molecular weight is 426 g/mol. The van der Waals surface area contributed by atoms with Crippen molar-refractivity contribution in [3.8, 4) is 11.5 Å². The zero-order chi connectivity index (χ0) is 20.7. The number of rotatable bonds is 5. The van der Waals surface area contributed by atoms with Crippen LogP contribution in [0.25, 0.3) is 4.96 Å². The number of benzene rings is 1. The molecule has 6 nitrogen and oxygen atoms in total. The van der Waals surface area contributed by atoms with E-state index in [1.807, 2.05) is 11.4 Å². The lowest BCUT2D eigenvalue weighted by atomic mass is 9.77. The number of hydrogen-bond donors (Lipinski definition) is 0. The van der Waals surface area contributed by atoms with Crippen molar-refractivity contribution in [1.82, 2.24) is 14.3 Å². The molecule has 0 spiro atoms. The monoisotopic (exact) mass is 425 g/mol. The standard InChI is InChI=1S/C23H27N3O3S/c1-15-4-3-5-19(16(15)2)25(12-17-6-7-20-21(10-17)29-14-28-20)13-18-11-22(27)26-8-9-30-23(26)24-18/h6-11,15-16,19H,3-5,12-14H2,1-2H3/t15-,16-,19+/m1/s1. The summed E-state index contributed by atoms with van der Waals surface area (Å²) in [6.45, 7) is 6.47. The van der Waals surface area contributed by atoms with Gasteiger partial charge in [0.15, 0.2) is 16.5 Å². The molecule has 0 bridgehead atoms. The van der Waals surface area contributed by atoms with Crippen LogP contribution in [0.5, 0.6) is 11.5 Å². The van der Waals surface area contributed by atoms with Gasteiger partial charge in [-0.15, -0.1) is 11.3 Å². The lowest BCUT2D eigenvalue weighted by Crippen LogP contribution is -2.43. The zero-order valence-corrected chi connectivity index (χ0v) is 18.2. The lowest BCUT2D eigenvalue weighted by molar-refractivity contribution is 0.0676. The summed E-state index contributed by atoms with van der Waals surface area (Å²) >= 11 is 1.50. The molecule has 0 saturated heterocycles. The molecule has 7 heteroatoms. The Kier molecular flexibility index (Phi) is 5.25. The largest absolute Gasteiger partial charge is 0.454 e. The van der Waals surface area contributed by atoms with E-state index in [4.69, 9.17) is 14.5 Å². The van der Waals surface area contributed by atoms with Gasteiger partial charge in [-0.1, -0.05) is 32.8 Å². The summed E-state index contributed by atoms with van der Waals surface area (Å²) in [6.07, 6.45) is 5.49. The summed E-state index contributed by atoms with van der Waals surface area (Å²) in [5.41, 5.74) is 2.02. The Bertz CT molecular complexity index is 1110. The smallest absolute Gasteiger partial charge is 0.258 e. The Labute approximate surface area is 180 Å². The molecular weight excluding hydrogens is 398 g/mol. The van der Waals surface area contributed by atoms with Gasteiger partial charge in [0.2, 0.25) is 6.79 Å². The Hall–Kier alpha value is -2.38. The summed E-state index contributed by atoms with van der Waals surface area (Å²) in [7, 11) is 0. The highest BCUT2D eigenvalue weighted by molar-refractivity contribution is 7.15. The van der Waals surface area contributed by atoms with E-state index in [1.165, 1.54) is 36.2 Å². The van der Waals surface area contributed by atoms with Gasteiger partial charge in [-0.25, -0.2) is 4.98 Å². The van der Waals surface area contributed by atoms with Gasteiger partial charge in [0.25, 0.3) is 5.56 Å². The van der Waals surface area contributed by atoms with Crippen LogP contribution in [-0.2, 0) is 13.1 Å². The summed E-state index contributed by atoms with van der Waals surface area (Å²) in [6, 6.07) is 8.33. The molecule has 0 unspecified atom stereocenters. The maximum atomic E-state index is 12.5. The normalized spacial score (nSPS) is 23.4. The third-order valence-corrected chi connectivity index (χ3v) is 7.43. The molecule has 3 atom stereocenters. The fourth-order valence-corrected chi connectivity index (χ4v) is 5.55. The van der Waals surface area contributed by atoms with Crippen LogP contribution in [-0.4, -0.2) is 27.1 Å². The minimum atomic E-state index is -0.00987. The predicted octanol–water partition coefficient (Wildman–Crippen LogP) is 4.31. The van der Waals surface area contributed by atoms with Crippen molar-refractivity contribution in [2.45, 2.75) is 52.2 Å². The Morgan fingerprint density at radius 1 is 1.17 bits per heavy atom. The van der Waals surface area contributed by atoms with Gasteiger partial charge >= 0.3 is 0 Å². The molecule has 158 valence electrons. The van der Waals surface area contributed by atoms with E-state index in [1.54, 1.807) is 16.7 Å². The molecule has 2 aliphatic rings. The fraction of sp³-hybridized carbons (Fsp3) is 0.478. The second-order valence-electron chi connectivity index (χ2n) is 8.57. The van der Waals surface area contributed by atoms with Crippen LogP contribution in [0.3, 0.4) is 0 Å². The van der Waals surface area contributed by atoms with Crippen molar-refractivity contribution in [2.24, 2.45) is 11.8 Å². The Morgan fingerprint density at radius 2 is 2.03 bits per heavy atom. The molecule has 5 rings (SSSR count). The number of fused-ring (bicyclic) bond motifs is 2. The quantitative estimate of drug-likeness (QED) is 0.610. The van der Waals surface area contributed by atoms with Crippen molar-refractivity contribution in [3.63, 3.8) is 0 Å². The summed E-state index contributed by atoms with van der Waals surface area (Å²) < 4.78 is 12.7. The highest BCUT2D eigenvalue weighted by Gasteiger charge is 2.32. The van der Waals surface area contributed by atoms with Crippen molar-refractivity contribution in [3.05, 3.63) is 57.5 Å². The minimum absolute atomic E-state index is 0.00987. The first-order valence-corrected chi connectivity index (χ1v) is 11.5. The summed E-state index contributed by atoms with van der Waals surface area (Å²) in [5.74, 6) is 2.91. The van der Waals surface area contributed by atoms with Crippen molar-refractivity contribution in [1.29, 1.82) is 0 Å². The maximum Gasteiger partial charge on any atom is 0.258 e. The lowest BCUT2D eigenvalue weighted by Gasteiger charge is -2.41. The Balaban J connectivity index is 1.46. The molecular formula is C23H27N3O3S. The highest BCUT2D eigenvalue weighted by atomic mass is 32.1. The number of hydrogen-bond acceptors (Lipinski definition) is 6. The Morgan fingerprint density at radius 3 is 2.93 bits per heavy atom. The molecule has 0 radical (unpaired) electrons. The van der Waals surface area contributed by atoms with E-state index in [-0.39, 0.29) is 12.4 Å². The van der Waals surface area contributed by atoms with Crippen LogP contribution in [0.2, 0.25) is 0 Å². The molecule has 1 aliphatic carbocycles. The average Bonchev–Trinajstić information content (AvgIpc) is 3.38. The van der Waals surface area contributed by atoms with Crippen molar-refractivity contribution >= 4 is 16.3 Å². The van der Waals surface area contributed by atoms with E-state index < -0.39 is 0 Å². The zero-order valence-electron chi connectivity index (χ0n) is 17.4. The van der Waals surface area contributed by atoms with Gasteiger partial charge in [-0.05, 0) is 36.0 Å². The van der Waals surface area contributed by atoms with E-state index in [0.29, 0.717) is 24.4 Å². The van der Waals surface area contributed by atoms with E-state index >= 15 is 0 Å². The summed E-state index contributed by atoms with van der Waals surface area (Å²) in [5, 5.41) is 1.91. The van der Waals surface area contributed by atoms with Crippen LogP contribution in [0.15, 0.2) is 40.6 Å². The first-order valence-electron chi connectivity index (χ1n) is 10.7. The van der Waals surface area contributed by atoms with Gasteiger partial charge in [0.1, 0.15) is 0 Å². The van der Waals surface area contributed by atoms with Crippen LogP contribution in [0.4, 0.5) is 0 Å². The highest BCUT2D eigenvalue weighted by Crippen LogP contribution is 2.36. The number of ether oxygens (including phenoxy) is 2. The van der Waals surface area contributed by atoms with Crippen LogP contribution in [0.1, 0.15) is 44.4 Å². The molecule has 1 aliphatic heterocycles. The first-order chi connectivity index (χ1) is 14.6. The molecule has 1 aromatic carbocycles. The number of nitrogens with zero attached hydrogens (tertiary/aromatic N) is 3. The van der Waals surface area contributed by atoms with Crippen molar-refractivity contribution < 1.29 is 9.47 Å². The van der Waals surface area contributed by atoms with Gasteiger partial charge in [-0.3, -0.25) is 14.1 Å². The van der Waals surface area contributed by atoms with Gasteiger partial charge in [-0.2, -0.15) is 0 Å². The molecule has 0 amide bonds. The molecule has 3 aromatic rings. The number of aromatic nitrogens is 2. The first kappa shape index (κ1) is 19.6. The molecule has 3 heterocycles. The molecule has 30 heavy (non-hydrogen) atoms. The van der Waals surface area contributed by atoms with Crippen molar-refractivity contribution in [2.75, 3.05) is 6.79 Å². The molecule has 2 aromatic heterocycles. The van der Waals surface area contributed by atoms with Gasteiger partial charge < -0.3 is 9.47 Å². The fourth-order valence-electron chi connectivity index (χ4n) is 4.81. The third-order valence-electron chi connectivity index (χ3n) is 6.68. The SMILES string of the molecule is C[C@@H]1[C@H](C)CCC[C@@H]1N(Cc1ccc2c(c1)OCO2)Cc1cc(=O)n2ccsc2n1. The molecule has 0 N–H and O–H groups in total. The molecule has 1 saturated carbocycles. The third kappa shape index (κ3) is 3.72. The van der Waals surface area contributed by atoms with Crippen LogP contribution >= 0.6 is 11.3 Å². The van der Waals surface area contributed by atoms with E-state index in [9.17, 15) is 4.79 Å². The maximum absolute atomic E-state index is 12.5. The van der Waals surface area contributed by atoms with Gasteiger partial charge in [0, 0.05) is 36.8 Å².